The average molecular weight is 399 g/mol. The summed E-state index contributed by atoms with van der Waals surface area (Å²) < 4.78 is 23.3. The molecule has 1 aliphatic rings. The van der Waals surface area contributed by atoms with Crippen molar-refractivity contribution in [3.8, 4) is 11.3 Å². The van der Waals surface area contributed by atoms with E-state index < -0.39 is 9.84 Å². The van der Waals surface area contributed by atoms with Gasteiger partial charge in [0.1, 0.15) is 0 Å². The zero-order chi connectivity index (χ0) is 19.0. The van der Waals surface area contributed by atoms with Gasteiger partial charge in [0, 0.05) is 22.8 Å². The highest BCUT2D eigenvalue weighted by atomic mass is 32.2. The SMILES string of the molecule is CS(=O)(=O)c1cccc(C(=O)Nc2nc(-c3ccc4c(c3)CCC4)cs2)c1. The first-order chi connectivity index (χ1) is 12.9. The monoisotopic (exact) mass is 398 g/mol. The van der Waals surface area contributed by atoms with E-state index in [0.29, 0.717) is 5.13 Å². The number of thiazole rings is 1. The second-order valence-electron chi connectivity index (χ2n) is 6.63. The number of aryl methyl sites for hydroxylation is 2. The van der Waals surface area contributed by atoms with Crippen LogP contribution in [-0.2, 0) is 22.7 Å². The summed E-state index contributed by atoms with van der Waals surface area (Å²) in [6.45, 7) is 0. The molecule has 1 amide bonds. The molecule has 0 radical (unpaired) electrons. The van der Waals surface area contributed by atoms with Gasteiger partial charge in [-0.15, -0.1) is 11.3 Å². The van der Waals surface area contributed by atoms with Crippen LogP contribution in [0.2, 0.25) is 0 Å². The van der Waals surface area contributed by atoms with Gasteiger partial charge in [0.25, 0.3) is 5.91 Å². The highest BCUT2D eigenvalue weighted by Crippen LogP contribution is 2.30. The molecule has 3 aromatic rings. The maximum absolute atomic E-state index is 12.5. The van der Waals surface area contributed by atoms with Crippen LogP contribution in [0.3, 0.4) is 0 Å². The summed E-state index contributed by atoms with van der Waals surface area (Å²) in [5, 5.41) is 5.16. The van der Waals surface area contributed by atoms with Crippen LogP contribution >= 0.6 is 11.3 Å². The normalized spacial score (nSPS) is 13.4. The number of amides is 1. The van der Waals surface area contributed by atoms with Crippen LogP contribution < -0.4 is 5.32 Å². The van der Waals surface area contributed by atoms with Crippen molar-refractivity contribution in [3.63, 3.8) is 0 Å². The van der Waals surface area contributed by atoms with Crippen molar-refractivity contribution in [2.45, 2.75) is 24.2 Å². The number of carbonyl (C=O) groups is 1. The summed E-state index contributed by atoms with van der Waals surface area (Å²) in [5.74, 6) is -0.379. The van der Waals surface area contributed by atoms with Crippen LogP contribution in [-0.4, -0.2) is 25.6 Å². The van der Waals surface area contributed by atoms with Gasteiger partial charge in [-0.25, -0.2) is 13.4 Å². The summed E-state index contributed by atoms with van der Waals surface area (Å²) in [7, 11) is -3.36. The Labute approximate surface area is 162 Å². The molecule has 0 aliphatic heterocycles. The van der Waals surface area contributed by atoms with Crippen LogP contribution in [0.15, 0.2) is 52.7 Å². The molecule has 1 heterocycles. The van der Waals surface area contributed by atoms with Gasteiger partial charge in [-0.3, -0.25) is 10.1 Å². The standard InChI is InChI=1S/C20H18N2O3S2/c1-27(24,25)17-7-3-6-16(11-17)19(23)22-20-21-18(12-26-20)15-9-8-13-4-2-5-14(13)10-15/h3,6-12H,2,4-5H2,1H3,(H,21,22,23). The lowest BCUT2D eigenvalue weighted by Crippen LogP contribution is -2.12. The third kappa shape index (κ3) is 3.79. The fraction of sp³-hybridized carbons (Fsp3) is 0.200. The Balaban J connectivity index is 1.54. The van der Waals surface area contributed by atoms with Gasteiger partial charge in [-0.1, -0.05) is 18.2 Å². The first-order valence-corrected chi connectivity index (χ1v) is 11.4. The minimum absolute atomic E-state index is 0.119. The molecule has 4 rings (SSSR count). The molecule has 0 bridgehead atoms. The first-order valence-electron chi connectivity index (χ1n) is 8.59. The number of hydrogen-bond acceptors (Lipinski definition) is 5. The average Bonchev–Trinajstić information content (AvgIpc) is 3.29. The number of nitrogens with zero attached hydrogens (tertiary/aromatic N) is 1. The fourth-order valence-corrected chi connectivity index (χ4v) is 4.61. The number of sulfone groups is 1. The molecule has 138 valence electrons. The molecule has 1 N–H and O–H groups in total. The van der Waals surface area contributed by atoms with E-state index in [4.69, 9.17) is 0 Å². The number of rotatable bonds is 4. The summed E-state index contributed by atoms with van der Waals surface area (Å²) in [5.41, 5.74) is 4.95. The zero-order valence-electron chi connectivity index (χ0n) is 14.7. The smallest absolute Gasteiger partial charge is 0.257 e. The molecule has 1 aliphatic carbocycles. The highest BCUT2D eigenvalue weighted by molar-refractivity contribution is 7.90. The Bertz CT molecular complexity index is 1130. The van der Waals surface area contributed by atoms with Gasteiger partial charge < -0.3 is 0 Å². The van der Waals surface area contributed by atoms with Crippen molar-refractivity contribution in [1.82, 2.24) is 4.98 Å². The molecule has 1 aromatic heterocycles. The zero-order valence-corrected chi connectivity index (χ0v) is 16.4. The van der Waals surface area contributed by atoms with Crippen molar-refractivity contribution in [2.75, 3.05) is 11.6 Å². The molecule has 0 fully saturated rings. The predicted octanol–water partition coefficient (Wildman–Crippen LogP) is 3.95. The van der Waals surface area contributed by atoms with E-state index in [0.717, 1.165) is 30.4 Å². The van der Waals surface area contributed by atoms with E-state index in [1.807, 2.05) is 5.38 Å². The summed E-state index contributed by atoms with van der Waals surface area (Å²) in [4.78, 5) is 17.1. The van der Waals surface area contributed by atoms with Crippen LogP contribution in [0.5, 0.6) is 0 Å². The minimum atomic E-state index is -3.36. The summed E-state index contributed by atoms with van der Waals surface area (Å²) in [6, 6.07) is 12.4. The Hall–Kier alpha value is -2.51. The lowest BCUT2D eigenvalue weighted by atomic mass is 10.1. The van der Waals surface area contributed by atoms with Crippen molar-refractivity contribution < 1.29 is 13.2 Å². The number of fused-ring (bicyclic) bond motifs is 1. The van der Waals surface area contributed by atoms with E-state index in [9.17, 15) is 13.2 Å². The van der Waals surface area contributed by atoms with E-state index >= 15 is 0 Å². The van der Waals surface area contributed by atoms with Crippen molar-refractivity contribution >= 4 is 32.2 Å². The Kier molecular flexibility index (Phi) is 4.57. The Morgan fingerprint density at radius 3 is 2.74 bits per heavy atom. The maximum Gasteiger partial charge on any atom is 0.257 e. The first kappa shape index (κ1) is 17.9. The van der Waals surface area contributed by atoms with Gasteiger partial charge in [0.2, 0.25) is 0 Å². The van der Waals surface area contributed by atoms with Crippen LogP contribution in [0.4, 0.5) is 5.13 Å². The number of aromatic nitrogens is 1. The third-order valence-electron chi connectivity index (χ3n) is 4.64. The van der Waals surface area contributed by atoms with Crippen molar-refractivity contribution in [2.24, 2.45) is 0 Å². The van der Waals surface area contributed by atoms with E-state index in [-0.39, 0.29) is 16.4 Å². The Morgan fingerprint density at radius 1 is 1.11 bits per heavy atom. The van der Waals surface area contributed by atoms with Gasteiger partial charge in [0.15, 0.2) is 15.0 Å². The summed E-state index contributed by atoms with van der Waals surface area (Å²) in [6.07, 6.45) is 4.56. The molecule has 0 saturated carbocycles. The maximum atomic E-state index is 12.5. The van der Waals surface area contributed by atoms with Crippen LogP contribution in [0.25, 0.3) is 11.3 Å². The van der Waals surface area contributed by atoms with Crippen LogP contribution in [0, 0.1) is 0 Å². The van der Waals surface area contributed by atoms with Gasteiger partial charge in [0.05, 0.1) is 10.6 Å². The third-order valence-corrected chi connectivity index (χ3v) is 6.51. The lowest BCUT2D eigenvalue weighted by molar-refractivity contribution is 0.102. The number of anilines is 1. The van der Waals surface area contributed by atoms with Crippen molar-refractivity contribution in [3.05, 3.63) is 64.5 Å². The second-order valence-corrected chi connectivity index (χ2v) is 9.50. The van der Waals surface area contributed by atoms with Gasteiger partial charge >= 0.3 is 0 Å². The minimum Gasteiger partial charge on any atom is -0.298 e. The van der Waals surface area contributed by atoms with E-state index in [1.54, 1.807) is 12.1 Å². The van der Waals surface area contributed by atoms with Crippen molar-refractivity contribution in [1.29, 1.82) is 0 Å². The molecular weight excluding hydrogens is 380 g/mol. The molecular formula is C20H18N2O3S2. The molecule has 27 heavy (non-hydrogen) atoms. The quantitative estimate of drug-likeness (QED) is 0.722. The number of benzene rings is 2. The van der Waals surface area contributed by atoms with Gasteiger partial charge in [-0.05, 0) is 54.7 Å². The fourth-order valence-electron chi connectivity index (χ4n) is 3.23. The van der Waals surface area contributed by atoms with Crippen LogP contribution in [0.1, 0.15) is 27.9 Å². The molecule has 5 nitrogen and oxygen atoms in total. The topological polar surface area (TPSA) is 76.1 Å². The lowest BCUT2D eigenvalue weighted by Gasteiger charge is -2.04. The number of carbonyl (C=O) groups excluding carboxylic acids is 1. The molecule has 7 heteroatoms. The molecule has 0 saturated heterocycles. The number of nitrogens with one attached hydrogen (secondary N) is 1. The van der Waals surface area contributed by atoms with Gasteiger partial charge in [-0.2, -0.15) is 0 Å². The Morgan fingerprint density at radius 2 is 1.93 bits per heavy atom. The predicted molar refractivity (Wildman–Crippen MR) is 107 cm³/mol. The van der Waals surface area contributed by atoms with E-state index in [1.165, 1.54) is 41.0 Å². The summed E-state index contributed by atoms with van der Waals surface area (Å²) >= 11 is 1.35. The largest absolute Gasteiger partial charge is 0.298 e. The molecule has 0 atom stereocenters. The number of hydrogen-bond donors (Lipinski definition) is 1. The second kappa shape index (κ2) is 6.90. The highest BCUT2D eigenvalue weighted by Gasteiger charge is 2.15. The van der Waals surface area contributed by atoms with E-state index in [2.05, 4.69) is 28.5 Å². The molecule has 0 spiro atoms. The molecule has 0 unspecified atom stereocenters. The molecule has 2 aromatic carbocycles.